The Labute approximate surface area is 168 Å². The van der Waals surface area contributed by atoms with Crippen LogP contribution < -0.4 is 10.1 Å². The first-order valence-corrected chi connectivity index (χ1v) is 9.62. The van der Waals surface area contributed by atoms with Crippen molar-refractivity contribution in [2.24, 2.45) is 4.99 Å². The van der Waals surface area contributed by atoms with Crippen LogP contribution in [0.1, 0.15) is 31.2 Å². The van der Waals surface area contributed by atoms with Gasteiger partial charge in [0, 0.05) is 11.3 Å². The number of hydrogen-bond donors (Lipinski definition) is 1. The summed E-state index contributed by atoms with van der Waals surface area (Å²) in [7, 11) is 1.58. The van der Waals surface area contributed by atoms with E-state index in [4.69, 9.17) is 9.73 Å². The minimum absolute atomic E-state index is 0.0843. The van der Waals surface area contributed by atoms with E-state index in [1.54, 1.807) is 48.4 Å². The molecule has 4 rings (SSSR count). The number of nitrogens with zero attached hydrogens (tertiary/aromatic N) is 2. The summed E-state index contributed by atoms with van der Waals surface area (Å²) in [6, 6.07) is 12.7. The zero-order valence-corrected chi connectivity index (χ0v) is 16.2. The van der Waals surface area contributed by atoms with Crippen LogP contribution in [0.4, 0.5) is 10.1 Å². The summed E-state index contributed by atoms with van der Waals surface area (Å²) >= 11 is 0. The quantitative estimate of drug-likeness (QED) is 0.844. The highest BCUT2D eigenvalue weighted by Crippen LogP contribution is 2.41. The van der Waals surface area contributed by atoms with Gasteiger partial charge in [-0.15, -0.1) is 0 Å². The van der Waals surface area contributed by atoms with Gasteiger partial charge in [0.15, 0.2) is 0 Å². The Kier molecular flexibility index (Phi) is 5.05. The minimum Gasteiger partial charge on any atom is -0.497 e. The van der Waals surface area contributed by atoms with E-state index in [0.29, 0.717) is 22.7 Å². The third-order valence-corrected chi connectivity index (χ3v) is 5.47. The van der Waals surface area contributed by atoms with Gasteiger partial charge in [-0.3, -0.25) is 14.6 Å². The molecule has 29 heavy (non-hydrogen) atoms. The number of carbonyl (C=O) groups is 2. The highest BCUT2D eigenvalue weighted by atomic mass is 19.1. The number of amides is 2. The van der Waals surface area contributed by atoms with E-state index in [2.05, 4.69) is 5.32 Å². The van der Waals surface area contributed by atoms with Crippen molar-refractivity contribution in [3.8, 4) is 5.75 Å². The van der Waals surface area contributed by atoms with E-state index in [-0.39, 0.29) is 24.2 Å². The van der Waals surface area contributed by atoms with Crippen LogP contribution in [0.25, 0.3) is 0 Å². The molecule has 2 aliphatic rings. The molecule has 1 aliphatic heterocycles. The first-order chi connectivity index (χ1) is 14.0. The van der Waals surface area contributed by atoms with Crippen LogP contribution in [0.2, 0.25) is 0 Å². The normalized spacial score (nSPS) is 17.5. The standard InChI is InChI=1S/C22H22FN3O3/c1-29-18-10-8-17(9-11-18)24-19(27)14-26-21(28)20(15-4-6-16(23)7-5-15)25-22(26)12-2-3-13-22/h4-11H,2-3,12-14H2,1H3,(H,24,27). The molecule has 1 N–H and O–H groups in total. The molecule has 0 unspecified atom stereocenters. The lowest BCUT2D eigenvalue weighted by Crippen LogP contribution is -2.48. The second-order valence-corrected chi connectivity index (χ2v) is 7.32. The van der Waals surface area contributed by atoms with Crippen LogP contribution in [0.15, 0.2) is 53.5 Å². The second kappa shape index (κ2) is 7.66. The molecule has 0 bridgehead atoms. The number of halogens is 1. The Bertz CT molecular complexity index is 948. The molecule has 1 saturated carbocycles. The highest BCUT2D eigenvalue weighted by molar-refractivity contribution is 6.47. The smallest absolute Gasteiger partial charge is 0.275 e. The van der Waals surface area contributed by atoms with E-state index in [1.165, 1.54) is 12.1 Å². The molecule has 0 radical (unpaired) electrons. The molecule has 1 fully saturated rings. The Balaban J connectivity index is 1.53. The highest BCUT2D eigenvalue weighted by Gasteiger charge is 2.49. The third kappa shape index (κ3) is 3.72. The Hall–Kier alpha value is -3.22. The number of hydrogen-bond acceptors (Lipinski definition) is 4. The van der Waals surface area contributed by atoms with Gasteiger partial charge in [0.1, 0.15) is 29.5 Å². The number of carbonyl (C=O) groups excluding carboxylic acids is 2. The van der Waals surface area contributed by atoms with E-state index in [0.717, 1.165) is 25.7 Å². The van der Waals surface area contributed by atoms with Crippen LogP contribution in [-0.4, -0.2) is 41.7 Å². The number of nitrogens with one attached hydrogen (secondary N) is 1. The van der Waals surface area contributed by atoms with Crippen molar-refractivity contribution < 1.29 is 18.7 Å². The van der Waals surface area contributed by atoms with Gasteiger partial charge in [-0.1, -0.05) is 0 Å². The molecule has 2 amide bonds. The fourth-order valence-corrected chi connectivity index (χ4v) is 3.99. The summed E-state index contributed by atoms with van der Waals surface area (Å²) < 4.78 is 18.4. The lowest BCUT2D eigenvalue weighted by molar-refractivity contribution is -0.132. The lowest BCUT2D eigenvalue weighted by Gasteiger charge is -2.32. The van der Waals surface area contributed by atoms with Crippen molar-refractivity contribution in [2.75, 3.05) is 19.0 Å². The Morgan fingerprint density at radius 3 is 2.41 bits per heavy atom. The summed E-state index contributed by atoms with van der Waals surface area (Å²) in [5.74, 6) is -0.250. The fourth-order valence-electron chi connectivity index (χ4n) is 3.99. The molecule has 1 heterocycles. The van der Waals surface area contributed by atoms with Gasteiger partial charge in [0.05, 0.1) is 7.11 Å². The molecule has 0 atom stereocenters. The topological polar surface area (TPSA) is 71.0 Å². The minimum atomic E-state index is -0.682. The van der Waals surface area contributed by atoms with Crippen LogP contribution in [-0.2, 0) is 9.59 Å². The first kappa shape index (κ1) is 19.1. The monoisotopic (exact) mass is 395 g/mol. The predicted molar refractivity (Wildman–Crippen MR) is 107 cm³/mol. The van der Waals surface area contributed by atoms with Gasteiger partial charge in [0.2, 0.25) is 5.91 Å². The van der Waals surface area contributed by atoms with Crippen LogP contribution >= 0.6 is 0 Å². The summed E-state index contributed by atoms with van der Waals surface area (Å²) in [4.78, 5) is 32.1. The van der Waals surface area contributed by atoms with E-state index < -0.39 is 5.66 Å². The van der Waals surface area contributed by atoms with Gasteiger partial charge >= 0.3 is 0 Å². The Morgan fingerprint density at radius 1 is 1.14 bits per heavy atom. The molecule has 7 heteroatoms. The number of aliphatic imine (C=N–C) groups is 1. The molecular formula is C22H22FN3O3. The van der Waals surface area contributed by atoms with Crippen LogP contribution in [0.3, 0.4) is 0 Å². The molecule has 0 saturated heterocycles. The zero-order valence-electron chi connectivity index (χ0n) is 16.2. The lowest BCUT2D eigenvalue weighted by atomic mass is 10.1. The summed E-state index contributed by atoms with van der Waals surface area (Å²) in [6.45, 7) is -0.0843. The first-order valence-electron chi connectivity index (χ1n) is 9.62. The number of methoxy groups -OCH3 is 1. The summed E-state index contributed by atoms with van der Waals surface area (Å²) in [5, 5.41) is 2.82. The molecule has 1 spiro atoms. The van der Waals surface area contributed by atoms with Gasteiger partial charge in [-0.2, -0.15) is 0 Å². The summed E-state index contributed by atoms with van der Waals surface area (Å²) in [6.07, 6.45) is 3.34. The second-order valence-electron chi connectivity index (χ2n) is 7.32. The maximum Gasteiger partial charge on any atom is 0.275 e. The van der Waals surface area contributed by atoms with Crippen molar-refractivity contribution in [2.45, 2.75) is 31.3 Å². The average Bonchev–Trinajstić information content (AvgIpc) is 3.30. The predicted octanol–water partition coefficient (Wildman–Crippen LogP) is 3.37. The van der Waals surface area contributed by atoms with Gasteiger partial charge in [-0.25, -0.2) is 4.39 Å². The van der Waals surface area contributed by atoms with Gasteiger partial charge < -0.3 is 15.0 Å². The van der Waals surface area contributed by atoms with Crippen molar-refractivity contribution in [1.82, 2.24) is 4.90 Å². The van der Waals surface area contributed by atoms with Crippen molar-refractivity contribution in [3.05, 3.63) is 59.9 Å². The van der Waals surface area contributed by atoms with Crippen LogP contribution in [0.5, 0.6) is 5.75 Å². The number of ether oxygens (including phenoxy) is 1. The number of benzene rings is 2. The molecule has 150 valence electrons. The van der Waals surface area contributed by atoms with E-state index in [9.17, 15) is 14.0 Å². The molecular weight excluding hydrogens is 373 g/mol. The molecule has 0 aromatic heterocycles. The SMILES string of the molecule is COc1ccc(NC(=O)CN2C(=O)C(c3ccc(F)cc3)=NC23CCCC3)cc1. The maximum atomic E-state index is 13.3. The maximum absolute atomic E-state index is 13.3. The third-order valence-electron chi connectivity index (χ3n) is 5.47. The Morgan fingerprint density at radius 2 is 1.79 bits per heavy atom. The van der Waals surface area contributed by atoms with E-state index >= 15 is 0 Å². The summed E-state index contributed by atoms with van der Waals surface area (Å²) in [5.41, 5.74) is 0.811. The van der Waals surface area contributed by atoms with Crippen molar-refractivity contribution in [1.29, 1.82) is 0 Å². The van der Waals surface area contributed by atoms with E-state index in [1.807, 2.05) is 0 Å². The van der Waals surface area contributed by atoms with Crippen molar-refractivity contribution >= 4 is 23.2 Å². The van der Waals surface area contributed by atoms with Gasteiger partial charge in [0.25, 0.3) is 5.91 Å². The van der Waals surface area contributed by atoms with Crippen molar-refractivity contribution in [3.63, 3.8) is 0 Å². The fraction of sp³-hybridized carbons (Fsp3) is 0.318. The van der Waals surface area contributed by atoms with Crippen LogP contribution in [0, 0.1) is 5.82 Å². The van der Waals surface area contributed by atoms with Gasteiger partial charge in [-0.05, 0) is 74.2 Å². The molecule has 6 nitrogen and oxygen atoms in total. The molecule has 2 aromatic rings. The number of anilines is 1. The average molecular weight is 395 g/mol. The number of rotatable bonds is 5. The largest absolute Gasteiger partial charge is 0.497 e. The molecule has 1 aliphatic carbocycles. The molecule has 2 aromatic carbocycles. The zero-order chi connectivity index (χ0) is 20.4.